The van der Waals surface area contributed by atoms with Crippen molar-refractivity contribution in [3.63, 3.8) is 0 Å². The third-order valence-electron chi connectivity index (χ3n) is 11.8. The first-order chi connectivity index (χ1) is 32.5. The Balaban J connectivity index is 1.20. The normalized spacial score (nSPS) is 11.5. The van der Waals surface area contributed by atoms with E-state index in [-0.39, 0.29) is 22.5 Å². The summed E-state index contributed by atoms with van der Waals surface area (Å²) in [5.41, 5.74) is 6.89. The molecule has 0 saturated carbocycles. The topological polar surface area (TPSA) is 117 Å². The highest BCUT2D eigenvalue weighted by Crippen LogP contribution is 2.48. The van der Waals surface area contributed by atoms with Gasteiger partial charge in [-0.05, 0) is 115 Å². The second kappa shape index (κ2) is 15.4. The van der Waals surface area contributed by atoms with E-state index in [2.05, 4.69) is 44.7 Å². The molecule has 0 aliphatic rings. The number of aromatic nitrogens is 10. The van der Waals surface area contributed by atoms with Gasteiger partial charge in [0.1, 0.15) is 11.6 Å². The molecule has 310 valence electrons. The van der Waals surface area contributed by atoms with Gasteiger partial charge >= 0.3 is 0 Å². The molecule has 0 aliphatic carbocycles. The van der Waals surface area contributed by atoms with E-state index in [0.29, 0.717) is 40.0 Å². The molecule has 6 aromatic carbocycles. The number of halogens is 2. The lowest BCUT2D eigenvalue weighted by atomic mass is 9.99. The van der Waals surface area contributed by atoms with Crippen LogP contribution in [0.1, 0.15) is 0 Å². The first kappa shape index (κ1) is 38.3. The van der Waals surface area contributed by atoms with Gasteiger partial charge in [-0.25, -0.2) is 53.5 Å². The molecule has 0 fully saturated rings. The summed E-state index contributed by atoms with van der Waals surface area (Å²) in [6.45, 7) is 9.06. The minimum absolute atomic E-state index is 0.157. The molecule has 13 heteroatoms. The monoisotopic (exact) mass is 857 g/mol. The van der Waals surface area contributed by atoms with Crippen LogP contribution in [0.5, 0.6) is 0 Å². The molecule has 0 spiro atoms. The lowest BCUT2D eigenvalue weighted by Gasteiger charge is -2.21. The van der Waals surface area contributed by atoms with Gasteiger partial charge < -0.3 is 9.13 Å². The van der Waals surface area contributed by atoms with Gasteiger partial charge in [-0.15, -0.1) is 0 Å². The highest BCUT2D eigenvalue weighted by molar-refractivity contribution is 6.14. The van der Waals surface area contributed by atoms with Gasteiger partial charge in [0.15, 0.2) is 23.3 Å². The minimum Gasteiger partial charge on any atom is -0.319 e. The van der Waals surface area contributed by atoms with Gasteiger partial charge in [0.05, 0.1) is 45.6 Å². The van der Waals surface area contributed by atoms with Crippen LogP contribution in [0.4, 0.5) is 14.5 Å². The van der Waals surface area contributed by atoms with Crippen LogP contribution in [-0.2, 0) is 0 Å². The van der Waals surface area contributed by atoms with Gasteiger partial charge in [0, 0.05) is 98.9 Å². The van der Waals surface area contributed by atoms with Crippen LogP contribution in [0.25, 0.3) is 117 Å². The van der Waals surface area contributed by atoms with Crippen molar-refractivity contribution in [1.82, 2.24) is 49.0 Å². The Morgan fingerprint density at radius 3 is 1.09 bits per heavy atom. The largest absolute Gasteiger partial charge is 0.319 e. The molecule has 12 rings (SSSR count). The molecule has 0 radical (unpaired) electrons. The summed E-state index contributed by atoms with van der Waals surface area (Å²) >= 11 is 0. The van der Waals surface area contributed by atoms with Gasteiger partial charge in [0.25, 0.3) is 0 Å². The summed E-state index contributed by atoms with van der Waals surface area (Å²) in [5.74, 6) is 0.622. The molecule has 6 aromatic heterocycles. The molecule has 11 nitrogen and oxygen atoms in total. The van der Waals surface area contributed by atoms with Crippen LogP contribution in [-0.4, -0.2) is 49.0 Å². The molecule has 0 N–H and O–H groups in total. The average molecular weight is 858 g/mol. The summed E-state index contributed by atoms with van der Waals surface area (Å²) in [6.07, 6.45) is 13.5. The Morgan fingerprint density at radius 1 is 0.394 bits per heavy atom. The second-order valence-corrected chi connectivity index (χ2v) is 15.4. The van der Waals surface area contributed by atoms with Crippen molar-refractivity contribution in [1.29, 1.82) is 0 Å². The van der Waals surface area contributed by atoms with E-state index in [4.69, 9.17) is 6.57 Å². The van der Waals surface area contributed by atoms with E-state index in [1.165, 1.54) is 18.2 Å². The zero-order valence-electron chi connectivity index (χ0n) is 34.4. The van der Waals surface area contributed by atoms with Crippen molar-refractivity contribution in [2.45, 2.75) is 0 Å². The maximum atomic E-state index is 16.3. The second-order valence-electron chi connectivity index (χ2n) is 15.4. The number of hydrogen-bond acceptors (Lipinski definition) is 8. The molecule has 12 aromatic rings. The summed E-state index contributed by atoms with van der Waals surface area (Å²) in [6, 6.07) is 37.9. The number of fused-ring (bicyclic) bond motifs is 6. The van der Waals surface area contributed by atoms with Crippen molar-refractivity contribution in [3.8, 4) is 68.1 Å². The quantitative estimate of drug-likeness (QED) is 0.145. The molecule has 66 heavy (non-hydrogen) atoms. The number of nitrogens with zero attached hydrogens (tertiary/aromatic N) is 11. The van der Waals surface area contributed by atoms with Gasteiger partial charge in [-0.1, -0.05) is 12.1 Å². The van der Waals surface area contributed by atoms with E-state index < -0.39 is 11.6 Å². The molecular formula is C53H29F2N11. The maximum Gasteiger partial charge on any atom is 0.234 e. The lowest BCUT2D eigenvalue weighted by Crippen LogP contribution is -2.04. The van der Waals surface area contributed by atoms with Gasteiger partial charge in [-0.3, -0.25) is 0 Å². The highest BCUT2D eigenvalue weighted by Gasteiger charge is 2.27. The first-order valence-electron chi connectivity index (χ1n) is 20.8. The Bertz CT molecular complexity index is 3690. The molecule has 0 bridgehead atoms. The fourth-order valence-electron chi connectivity index (χ4n) is 8.94. The van der Waals surface area contributed by atoms with Crippen molar-refractivity contribution in [3.05, 3.63) is 200 Å². The van der Waals surface area contributed by atoms with Crippen molar-refractivity contribution >= 4 is 49.3 Å². The lowest BCUT2D eigenvalue weighted by molar-refractivity contribution is 0.589. The summed E-state index contributed by atoms with van der Waals surface area (Å²) < 4.78 is 36.5. The first-order valence-corrected chi connectivity index (χ1v) is 20.8. The third kappa shape index (κ3) is 6.16. The average Bonchev–Trinajstić information content (AvgIpc) is 3.88. The van der Waals surface area contributed by atoms with Crippen molar-refractivity contribution in [2.24, 2.45) is 0 Å². The molecule has 6 heterocycles. The maximum absolute atomic E-state index is 16.3. The van der Waals surface area contributed by atoms with Crippen molar-refractivity contribution < 1.29 is 8.78 Å². The number of benzene rings is 6. The van der Waals surface area contributed by atoms with Crippen LogP contribution < -0.4 is 0 Å². The van der Waals surface area contributed by atoms with E-state index in [0.717, 1.165) is 54.8 Å². The Morgan fingerprint density at radius 2 is 0.742 bits per heavy atom. The molecule has 0 atom stereocenters. The molecule has 0 aliphatic heterocycles. The van der Waals surface area contributed by atoms with Crippen LogP contribution in [0.3, 0.4) is 0 Å². The zero-order chi connectivity index (χ0) is 44.3. The minimum atomic E-state index is -0.768. The van der Waals surface area contributed by atoms with E-state index >= 15 is 8.78 Å². The van der Waals surface area contributed by atoms with Crippen LogP contribution in [0, 0.1) is 18.2 Å². The molecule has 0 saturated heterocycles. The van der Waals surface area contributed by atoms with Crippen LogP contribution in [0.15, 0.2) is 177 Å². The third-order valence-corrected chi connectivity index (χ3v) is 11.8. The zero-order valence-corrected chi connectivity index (χ0v) is 34.4. The van der Waals surface area contributed by atoms with E-state index in [1.54, 1.807) is 86.0 Å². The predicted octanol–water partition coefficient (Wildman–Crippen LogP) is 12.2. The van der Waals surface area contributed by atoms with Crippen LogP contribution >= 0.6 is 0 Å². The van der Waals surface area contributed by atoms with Gasteiger partial charge in [-0.2, -0.15) is 0 Å². The van der Waals surface area contributed by atoms with Crippen LogP contribution in [0.2, 0.25) is 0 Å². The molecule has 0 unspecified atom stereocenters. The summed E-state index contributed by atoms with van der Waals surface area (Å²) in [4.78, 5) is 40.5. The number of hydrogen-bond donors (Lipinski definition) is 0. The number of rotatable bonds is 7. The smallest absolute Gasteiger partial charge is 0.234 e. The predicted molar refractivity (Wildman–Crippen MR) is 251 cm³/mol. The fourth-order valence-corrected chi connectivity index (χ4v) is 8.94. The van der Waals surface area contributed by atoms with E-state index in [9.17, 15) is 0 Å². The molecular weight excluding hydrogens is 829 g/mol. The standard InChI is InChI=1S/C53H29F2N11/c1-56-48-46(65-42-14-9-31(50-57-19-3-20-58-50)27-36(42)37-28-32(10-15-43(37)65)51-59-21-4-22-60-51)18-13-35(47-40(54)7-2-8-41(47)55)49(48)66-44-16-11-33(52-61-23-5-24-62-52)29-38(44)39-30-34(12-17-45(39)66)53-63-25-6-26-64-53/h2-30H. The Kier molecular flexibility index (Phi) is 8.95. The summed E-state index contributed by atoms with van der Waals surface area (Å²) in [7, 11) is 0. The highest BCUT2D eigenvalue weighted by atomic mass is 19.1. The van der Waals surface area contributed by atoms with E-state index in [1.807, 2.05) is 81.9 Å². The Hall–Kier alpha value is -9.41. The summed E-state index contributed by atoms with van der Waals surface area (Å²) in [5, 5.41) is 3.30. The fraction of sp³-hybridized carbons (Fsp3) is 0. The Labute approximate surface area is 373 Å². The SMILES string of the molecule is [C-]#[N+]c1c(-n2c3ccc(-c4ncccn4)cc3c3cc(-c4ncccn4)ccc32)ccc(-c2c(F)cccc2F)c1-n1c2ccc(-c3ncccn3)cc2c2cc(-c3ncccn3)ccc21. The van der Waals surface area contributed by atoms with Crippen molar-refractivity contribution in [2.75, 3.05) is 0 Å². The van der Waals surface area contributed by atoms with Gasteiger partial charge in [0.2, 0.25) is 5.69 Å². The molecule has 0 amide bonds.